The lowest BCUT2D eigenvalue weighted by molar-refractivity contribution is -0.0357. The zero-order valence-electron chi connectivity index (χ0n) is 14.5. The number of para-hydroxylation sites is 1. The Labute approximate surface area is 142 Å². The van der Waals surface area contributed by atoms with Crippen molar-refractivity contribution in [1.29, 1.82) is 0 Å². The van der Waals surface area contributed by atoms with Gasteiger partial charge in [0.1, 0.15) is 5.60 Å². The predicted molar refractivity (Wildman–Crippen MR) is 92.7 cm³/mol. The van der Waals surface area contributed by atoms with Crippen molar-refractivity contribution in [2.45, 2.75) is 44.8 Å². The Morgan fingerprint density at radius 1 is 1.25 bits per heavy atom. The van der Waals surface area contributed by atoms with Crippen LogP contribution in [0.2, 0.25) is 0 Å². The Balaban J connectivity index is 1.72. The fourth-order valence-electron chi connectivity index (χ4n) is 3.00. The second kappa shape index (κ2) is 6.06. The largest absolute Gasteiger partial charge is 0.444 e. The first-order valence-electron chi connectivity index (χ1n) is 8.32. The van der Waals surface area contributed by atoms with Gasteiger partial charge in [-0.2, -0.15) is 0 Å². The predicted octanol–water partition coefficient (Wildman–Crippen LogP) is 3.45. The van der Waals surface area contributed by atoms with Gasteiger partial charge in [0.15, 0.2) is 0 Å². The summed E-state index contributed by atoms with van der Waals surface area (Å²) in [6, 6.07) is 9.84. The molecule has 2 aromatic rings. The van der Waals surface area contributed by atoms with Crippen LogP contribution in [-0.4, -0.2) is 39.8 Å². The highest BCUT2D eigenvalue weighted by atomic mass is 16.6. The number of nitrogens with zero attached hydrogens (tertiary/aromatic N) is 2. The summed E-state index contributed by atoms with van der Waals surface area (Å²) < 4.78 is 5.40. The van der Waals surface area contributed by atoms with E-state index in [-0.39, 0.29) is 6.09 Å². The molecule has 1 fully saturated rings. The molecule has 0 bridgehead atoms. The van der Waals surface area contributed by atoms with Crippen LogP contribution < -0.4 is 0 Å². The molecular weight excluding hydrogens is 304 g/mol. The van der Waals surface area contributed by atoms with Crippen molar-refractivity contribution >= 4 is 17.0 Å². The van der Waals surface area contributed by atoms with Crippen molar-refractivity contribution in [3.05, 3.63) is 42.1 Å². The Hall–Kier alpha value is -2.14. The van der Waals surface area contributed by atoms with Gasteiger partial charge in [-0.25, -0.2) is 4.79 Å². The summed E-state index contributed by atoms with van der Waals surface area (Å²) in [5.41, 5.74) is 0.268. The number of likely N-dealkylation sites (tertiary alicyclic amines) is 1. The third-order valence-corrected chi connectivity index (χ3v) is 4.37. The maximum atomic E-state index is 12.1. The summed E-state index contributed by atoms with van der Waals surface area (Å²) >= 11 is 0. The average molecular weight is 328 g/mol. The smallest absolute Gasteiger partial charge is 0.410 e. The molecule has 0 aliphatic carbocycles. The molecule has 128 valence electrons. The van der Waals surface area contributed by atoms with Crippen LogP contribution in [0.25, 0.3) is 10.9 Å². The number of carbonyl (C=O) groups excluding carboxylic acids is 1. The van der Waals surface area contributed by atoms with Crippen molar-refractivity contribution in [3.63, 3.8) is 0 Å². The number of amides is 1. The maximum Gasteiger partial charge on any atom is 0.410 e. The van der Waals surface area contributed by atoms with E-state index < -0.39 is 11.2 Å². The van der Waals surface area contributed by atoms with Crippen LogP contribution in [0.5, 0.6) is 0 Å². The summed E-state index contributed by atoms with van der Waals surface area (Å²) in [6.07, 6.45) is 2.38. The van der Waals surface area contributed by atoms with Gasteiger partial charge in [-0.3, -0.25) is 4.98 Å². The van der Waals surface area contributed by atoms with Crippen LogP contribution in [0.4, 0.5) is 4.79 Å². The van der Waals surface area contributed by atoms with Crippen LogP contribution in [0.1, 0.15) is 39.2 Å². The van der Waals surface area contributed by atoms with Gasteiger partial charge < -0.3 is 14.7 Å². The molecule has 24 heavy (non-hydrogen) atoms. The number of pyridine rings is 1. The van der Waals surface area contributed by atoms with E-state index in [2.05, 4.69) is 4.98 Å². The number of ether oxygens (including phenoxy) is 1. The Morgan fingerprint density at radius 2 is 1.92 bits per heavy atom. The molecular formula is C19H24N2O3. The SMILES string of the molecule is CC(C)(C)OC(=O)N1CCC(O)(c2cnc3ccccc3c2)CC1. The minimum Gasteiger partial charge on any atom is -0.444 e. The van der Waals surface area contributed by atoms with Gasteiger partial charge in [-0.15, -0.1) is 0 Å². The number of hydrogen-bond acceptors (Lipinski definition) is 4. The quantitative estimate of drug-likeness (QED) is 0.871. The van der Waals surface area contributed by atoms with Crippen LogP contribution in [0.3, 0.4) is 0 Å². The van der Waals surface area contributed by atoms with Crippen molar-refractivity contribution in [2.24, 2.45) is 0 Å². The molecule has 1 saturated heterocycles. The van der Waals surface area contributed by atoms with Gasteiger partial charge in [0.25, 0.3) is 0 Å². The highest BCUT2D eigenvalue weighted by molar-refractivity contribution is 5.79. The zero-order chi connectivity index (χ0) is 17.4. The second-order valence-electron chi connectivity index (χ2n) is 7.42. The molecule has 1 aromatic heterocycles. The molecule has 1 N–H and O–H groups in total. The summed E-state index contributed by atoms with van der Waals surface area (Å²) in [4.78, 5) is 18.2. The molecule has 1 amide bonds. The normalized spacial score (nSPS) is 17.8. The van der Waals surface area contributed by atoms with Crippen LogP contribution in [0.15, 0.2) is 36.5 Å². The summed E-state index contributed by atoms with van der Waals surface area (Å²) in [5.74, 6) is 0. The number of benzene rings is 1. The van der Waals surface area contributed by atoms with E-state index in [1.165, 1.54) is 0 Å². The van der Waals surface area contributed by atoms with Crippen LogP contribution in [0, 0.1) is 0 Å². The van der Waals surface area contributed by atoms with Gasteiger partial charge in [-0.05, 0) is 45.7 Å². The van der Waals surface area contributed by atoms with Crippen LogP contribution in [-0.2, 0) is 10.3 Å². The summed E-state index contributed by atoms with van der Waals surface area (Å²) in [7, 11) is 0. The van der Waals surface area contributed by atoms with E-state index in [0.29, 0.717) is 25.9 Å². The number of hydrogen-bond donors (Lipinski definition) is 1. The van der Waals surface area contributed by atoms with Gasteiger partial charge in [-0.1, -0.05) is 18.2 Å². The Kier molecular flexibility index (Phi) is 4.22. The van der Waals surface area contributed by atoms with E-state index >= 15 is 0 Å². The number of carbonyl (C=O) groups is 1. The molecule has 1 aliphatic rings. The first kappa shape index (κ1) is 16.7. The van der Waals surface area contributed by atoms with E-state index in [1.807, 2.05) is 51.1 Å². The molecule has 0 atom stereocenters. The monoisotopic (exact) mass is 328 g/mol. The highest BCUT2D eigenvalue weighted by Crippen LogP contribution is 2.34. The molecule has 0 saturated carbocycles. The van der Waals surface area contributed by atoms with Gasteiger partial charge in [0.2, 0.25) is 0 Å². The number of rotatable bonds is 1. The van der Waals surface area contributed by atoms with E-state index in [0.717, 1.165) is 16.5 Å². The molecule has 0 unspecified atom stereocenters. The van der Waals surface area contributed by atoms with Crippen molar-refractivity contribution in [2.75, 3.05) is 13.1 Å². The molecule has 1 aromatic carbocycles. The fraction of sp³-hybridized carbons (Fsp3) is 0.474. The van der Waals surface area contributed by atoms with Crippen molar-refractivity contribution in [1.82, 2.24) is 9.88 Å². The topological polar surface area (TPSA) is 62.7 Å². The highest BCUT2D eigenvalue weighted by Gasteiger charge is 2.37. The molecule has 5 heteroatoms. The number of aliphatic hydroxyl groups is 1. The second-order valence-corrected chi connectivity index (χ2v) is 7.42. The van der Waals surface area contributed by atoms with Crippen molar-refractivity contribution in [3.8, 4) is 0 Å². The molecule has 0 spiro atoms. The lowest BCUT2D eigenvalue weighted by Gasteiger charge is -2.38. The van der Waals surface area contributed by atoms with Crippen molar-refractivity contribution < 1.29 is 14.6 Å². The third-order valence-electron chi connectivity index (χ3n) is 4.37. The standard InChI is InChI=1S/C19H24N2O3/c1-18(2,3)24-17(22)21-10-8-19(23,9-11-21)15-12-14-6-4-5-7-16(14)20-13-15/h4-7,12-13,23H,8-11H2,1-3H3. The fourth-order valence-corrected chi connectivity index (χ4v) is 3.00. The van der Waals surface area contributed by atoms with E-state index in [1.54, 1.807) is 11.1 Å². The first-order valence-corrected chi connectivity index (χ1v) is 8.32. The van der Waals surface area contributed by atoms with E-state index in [9.17, 15) is 9.90 Å². The summed E-state index contributed by atoms with van der Waals surface area (Å²) in [6.45, 7) is 6.50. The zero-order valence-corrected chi connectivity index (χ0v) is 14.5. The molecule has 5 nitrogen and oxygen atoms in total. The lowest BCUT2D eigenvalue weighted by atomic mass is 9.85. The van der Waals surface area contributed by atoms with Gasteiger partial charge in [0.05, 0.1) is 11.1 Å². The van der Waals surface area contributed by atoms with Crippen LogP contribution >= 0.6 is 0 Å². The minimum absolute atomic E-state index is 0.318. The number of fused-ring (bicyclic) bond motifs is 1. The molecule has 0 radical (unpaired) electrons. The molecule has 2 heterocycles. The third kappa shape index (κ3) is 3.51. The minimum atomic E-state index is -0.949. The maximum absolute atomic E-state index is 12.1. The van der Waals surface area contributed by atoms with Gasteiger partial charge >= 0.3 is 6.09 Å². The number of piperidine rings is 1. The summed E-state index contributed by atoms with van der Waals surface area (Å²) in [5, 5.41) is 12.0. The van der Waals surface area contributed by atoms with Gasteiger partial charge in [0, 0.05) is 30.2 Å². The number of aromatic nitrogens is 1. The first-order chi connectivity index (χ1) is 11.3. The Bertz CT molecular complexity index is 744. The van der Waals surface area contributed by atoms with E-state index in [4.69, 9.17) is 4.74 Å². The lowest BCUT2D eigenvalue weighted by Crippen LogP contribution is -2.46. The molecule has 3 rings (SSSR count). The Morgan fingerprint density at radius 3 is 2.58 bits per heavy atom. The average Bonchev–Trinajstić information content (AvgIpc) is 2.53. The molecule has 1 aliphatic heterocycles.